The van der Waals surface area contributed by atoms with Crippen molar-refractivity contribution in [2.45, 2.75) is 27.4 Å². The van der Waals surface area contributed by atoms with Crippen molar-refractivity contribution in [2.75, 3.05) is 6.54 Å². The molecule has 2 amide bonds. The van der Waals surface area contributed by atoms with Crippen LogP contribution in [0.1, 0.15) is 29.4 Å². The number of carbonyl (C=O) groups is 2. The van der Waals surface area contributed by atoms with Crippen molar-refractivity contribution in [3.63, 3.8) is 0 Å². The number of amides is 2. The molecule has 0 bridgehead atoms. The number of carbonyl (C=O) groups excluding carboxylic acids is 2. The van der Waals surface area contributed by atoms with Crippen LogP contribution in [-0.4, -0.2) is 32.9 Å². The summed E-state index contributed by atoms with van der Waals surface area (Å²) in [6.07, 6.45) is 1.60. The number of ether oxygens (including phenoxy) is 1. The zero-order valence-electron chi connectivity index (χ0n) is 19.1. The van der Waals surface area contributed by atoms with Crippen LogP contribution in [0.5, 0.6) is 5.75 Å². The Morgan fingerprint density at radius 1 is 1.09 bits per heavy atom. The fourth-order valence-corrected chi connectivity index (χ4v) is 4.24. The van der Waals surface area contributed by atoms with Gasteiger partial charge in [-0.05, 0) is 81.0 Å². The minimum absolute atomic E-state index is 0.0487. The largest absolute Gasteiger partial charge is 0.489 e. The topological polar surface area (TPSA) is 63.6 Å². The third-order valence-electron chi connectivity index (χ3n) is 5.72. The third kappa shape index (κ3) is 4.49. The molecule has 0 unspecified atom stereocenters. The quantitative estimate of drug-likeness (QED) is 0.324. The Morgan fingerprint density at radius 2 is 1.79 bits per heavy atom. The second kappa shape index (κ2) is 9.61. The molecule has 1 saturated heterocycles. The molecule has 0 spiro atoms. The van der Waals surface area contributed by atoms with Gasteiger partial charge >= 0.3 is 0 Å². The van der Waals surface area contributed by atoms with Gasteiger partial charge in [-0.15, -0.1) is 0 Å². The number of rotatable bonds is 6. The van der Waals surface area contributed by atoms with Crippen molar-refractivity contribution in [1.29, 1.82) is 0 Å². The van der Waals surface area contributed by atoms with Crippen molar-refractivity contribution >= 4 is 35.2 Å². The normalized spacial score (nSPS) is 15.1. The standard InChI is InChI=1S/C26H24FN3O3S/c1-4-29-25(32)22(24(31)28-26(29)34)14-19-13-16(2)30(17(19)3)20-9-11-21(12-10-20)33-15-18-7-5-6-8-23(18)27/h5-14H,4,15H2,1-3H3,(H,28,31,34)/b22-14+. The third-order valence-corrected chi connectivity index (χ3v) is 6.04. The van der Waals surface area contributed by atoms with E-state index < -0.39 is 11.8 Å². The summed E-state index contributed by atoms with van der Waals surface area (Å²) in [5.74, 6) is -0.580. The van der Waals surface area contributed by atoms with E-state index in [0.29, 0.717) is 17.9 Å². The van der Waals surface area contributed by atoms with Crippen molar-refractivity contribution in [1.82, 2.24) is 14.8 Å². The Balaban J connectivity index is 1.57. The molecule has 2 aromatic carbocycles. The first-order valence-electron chi connectivity index (χ1n) is 10.8. The number of hydrogen-bond acceptors (Lipinski definition) is 4. The highest BCUT2D eigenvalue weighted by atomic mass is 32.1. The molecule has 1 aliphatic heterocycles. The zero-order chi connectivity index (χ0) is 24.4. The monoisotopic (exact) mass is 477 g/mol. The SMILES string of the molecule is CCN1C(=O)/C(=C/c2cc(C)n(-c3ccc(OCc4ccccc4F)cc3)c2C)C(=O)NC1=S. The lowest BCUT2D eigenvalue weighted by Gasteiger charge is -2.27. The van der Waals surface area contributed by atoms with Gasteiger partial charge in [0.15, 0.2) is 5.11 Å². The van der Waals surface area contributed by atoms with Gasteiger partial charge in [0.1, 0.15) is 23.7 Å². The molecule has 1 aromatic heterocycles. The number of likely N-dealkylation sites (N-methyl/N-ethyl adjacent to an activating group) is 1. The van der Waals surface area contributed by atoms with Gasteiger partial charge in [-0.25, -0.2) is 4.39 Å². The van der Waals surface area contributed by atoms with Gasteiger partial charge < -0.3 is 9.30 Å². The lowest BCUT2D eigenvalue weighted by molar-refractivity contribution is -0.128. The van der Waals surface area contributed by atoms with Crippen LogP contribution >= 0.6 is 12.2 Å². The van der Waals surface area contributed by atoms with Crippen molar-refractivity contribution in [2.24, 2.45) is 0 Å². The first-order chi connectivity index (χ1) is 16.3. The molecule has 1 N–H and O–H groups in total. The van der Waals surface area contributed by atoms with Crippen molar-refractivity contribution in [3.05, 3.63) is 88.5 Å². The van der Waals surface area contributed by atoms with Gasteiger partial charge in [0, 0.05) is 29.2 Å². The van der Waals surface area contributed by atoms with E-state index in [1.54, 1.807) is 31.2 Å². The van der Waals surface area contributed by atoms with Crippen LogP contribution < -0.4 is 10.1 Å². The van der Waals surface area contributed by atoms with Gasteiger partial charge in [0.25, 0.3) is 11.8 Å². The Kier molecular flexibility index (Phi) is 6.61. The maximum absolute atomic E-state index is 13.8. The summed E-state index contributed by atoms with van der Waals surface area (Å²) in [5.41, 5.74) is 4.02. The number of hydrogen-bond donors (Lipinski definition) is 1. The van der Waals surface area contributed by atoms with Crippen LogP contribution in [0.15, 0.2) is 60.2 Å². The molecule has 0 saturated carbocycles. The minimum atomic E-state index is -0.499. The maximum atomic E-state index is 13.8. The van der Waals surface area contributed by atoms with E-state index >= 15 is 0 Å². The molecule has 174 valence electrons. The van der Waals surface area contributed by atoms with E-state index in [2.05, 4.69) is 5.32 Å². The van der Waals surface area contributed by atoms with E-state index in [9.17, 15) is 14.0 Å². The maximum Gasteiger partial charge on any atom is 0.265 e. The lowest BCUT2D eigenvalue weighted by Crippen LogP contribution is -2.53. The second-order valence-electron chi connectivity index (χ2n) is 7.90. The van der Waals surface area contributed by atoms with E-state index in [4.69, 9.17) is 17.0 Å². The Morgan fingerprint density at radius 3 is 2.47 bits per heavy atom. The van der Waals surface area contributed by atoms with E-state index in [1.807, 2.05) is 48.7 Å². The summed E-state index contributed by atoms with van der Waals surface area (Å²) < 4.78 is 21.6. The molecular formula is C26H24FN3O3S. The van der Waals surface area contributed by atoms with Gasteiger partial charge in [-0.1, -0.05) is 18.2 Å². The highest BCUT2D eigenvalue weighted by molar-refractivity contribution is 7.80. The molecule has 0 radical (unpaired) electrons. The molecule has 4 rings (SSSR count). The first-order valence-corrected chi connectivity index (χ1v) is 11.3. The van der Waals surface area contributed by atoms with Gasteiger partial charge in [0.05, 0.1) is 0 Å². The number of halogens is 1. The summed E-state index contributed by atoms with van der Waals surface area (Å²) >= 11 is 5.09. The van der Waals surface area contributed by atoms with Crippen LogP contribution in [0.25, 0.3) is 11.8 Å². The Labute approximate surface area is 202 Å². The van der Waals surface area contributed by atoms with Crippen LogP contribution in [0.4, 0.5) is 4.39 Å². The molecule has 1 fully saturated rings. The number of nitrogens with zero attached hydrogens (tertiary/aromatic N) is 2. The van der Waals surface area contributed by atoms with E-state index in [-0.39, 0.29) is 23.1 Å². The molecule has 0 atom stereocenters. The molecular weight excluding hydrogens is 453 g/mol. The highest BCUT2D eigenvalue weighted by Crippen LogP contribution is 2.26. The van der Waals surface area contributed by atoms with Crippen LogP contribution in [-0.2, 0) is 16.2 Å². The van der Waals surface area contributed by atoms with E-state index in [0.717, 1.165) is 22.6 Å². The summed E-state index contributed by atoms with van der Waals surface area (Å²) in [5, 5.41) is 2.69. The molecule has 3 aromatic rings. The van der Waals surface area contributed by atoms with Crippen LogP contribution in [0.3, 0.4) is 0 Å². The average molecular weight is 478 g/mol. The fraction of sp³-hybridized carbons (Fsp3) is 0.192. The second-order valence-corrected chi connectivity index (χ2v) is 8.29. The summed E-state index contributed by atoms with van der Waals surface area (Å²) in [6, 6.07) is 15.9. The number of nitrogens with one attached hydrogen (secondary N) is 1. The molecule has 2 heterocycles. The van der Waals surface area contributed by atoms with Crippen LogP contribution in [0, 0.1) is 19.7 Å². The highest BCUT2D eigenvalue weighted by Gasteiger charge is 2.32. The van der Waals surface area contributed by atoms with Gasteiger partial charge in [0.2, 0.25) is 0 Å². The van der Waals surface area contributed by atoms with Gasteiger partial charge in [-0.2, -0.15) is 0 Å². The number of aromatic nitrogens is 1. The van der Waals surface area contributed by atoms with Crippen LogP contribution in [0.2, 0.25) is 0 Å². The van der Waals surface area contributed by atoms with Crippen molar-refractivity contribution in [3.8, 4) is 11.4 Å². The predicted octanol–water partition coefficient (Wildman–Crippen LogP) is 4.46. The molecule has 34 heavy (non-hydrogen) atoms. The molecule has 8 heteroatoms. The molecule has 1 aliphatic rings. The smallest absolute Gasteiger partial charge is 0.265 e. The van der Waals surface area contributed by atoms with Crippen molar-refractivity contribution < 1.29 is 18.7 Å². The zero-order valence-corrected chi connectivity index (χ0v) is 19.9. The summed E-state index contributed by atoms with van der Waals surface area (Å²) in [4.78, 5) is 26.5. The minimum Gasteiger partial charge on any atom is -0.489 e. The number of thiocarbonyl (C=S) groups is 1. The summed E-state index contributed by atoms with van der Waals surface area (Å²) in [6.45, 7) is 6.19. The molecule has 0 aliphatic carbocycles. The lowest BCUT2D eigenvalue weighted by atomic mass is 10.1. The van der Waals surface area contributed by atoms with Gasteiger partial charge in [-0.3, -0.25) is 19.8 Å². The predicted molar refractivity (Wildman–Crippen MR) is 132 cm³/mol. The van der Waals surface area contributed by atoms with E-state index in [1.165, 1.54) is 11.0 Å². The number of benzene rings is 2. The fourth-order valence-electron chi connectivity index (χ4n) is 3.94. The summed E-state index contributed by atoms with van der Waals surface area (Å²) in [7, 11) is 0. The Hall–Kier alpha value is -3.78. The number of aryl methyl sites for hydroxylation is 1. The Bertz CT molecular complexity index is 1310. The first kappa shape index (κ1) is 23.4. The molecule has 6 nitrogen and oxygen atoms in total. The average Bonchev–Trinajstić information content (AvgIpc) is 3.09.